The molecule has 0 aliphatic rings. The number of nitrogens with two attached hydrogens (primary N) is 1. The number of carbonyl (C=O) groups excluding carboxylic acids is 1. The maximum atomic E-state index is 11.2. The molecule has 0 amide bonds. The van der Waals surface area contributed by atoms with Gasteiger partial charge in [-0.05, 0) is 32.8 Å². The lowest BCUT2D eigenvalue weighted by Gasteiger charge is -2.10. The van der Waals surface area contributed by atoms with Crippen LogP contribution in [0.2, 0.25) is 0 Å². The van der Waals surface area contributed by atoms with Gasteiger partial charge in [0.1, 0.15) is 0 Å². The molecule has 1 rings (SSSR count). The Hall–Kier alpha value is -1.36. The lowest BCUT2D eigenvalue weighted by molar-refractivity contribution is -0.143. The van der Waals surface area contributed by atoms with Crippen LogP contribution in [0.5, 0.6) is 0 Å². The Bertz CT molecular complexity index is 497. The second-order valence-corrected chi connectivity index (χ2v) is 5.66. The SMILES string of the molecule is CCOC(=O)CC[C@@H](N)C=C[C@@H](O)Cc1cc(C)cc(C)c1.Cl. The molecule has 2 atom stereocenters. The van der Waals surface area contributed by atoms with E-state index in [4.69, 9.17) is 10.5 Å². The molecule has 130 valence electrons. The molecular weight excluding hydrogens is 314 g/mol. The van der Waals surface area contributed by atoms with Crippen molar-refractivity contribution in [2.45, 2.75) is 52.2 Å². The van der Waals surface area contributed by atoms with Gasteiger partial charge in [-0.3, -0.25) is 4.79 Å². The number of aliphatic hydroxyl groups is 1. The number of benzene rings is 1. The minimum absolute atomic E-state index is 0. The van der Waals surface area contributed by atoms with E-state index in [2.05, 4.69) is 18.2 Å². The van der Waals surface area contributed by atoms with Crippen molar-refractivity contribution in [1.29, 1.82) is 0 Å². The fourth-order valence-corrected chi connectivity index (χ4v) is 2.38. The molecule has 1 aromatic rings. The molecule has 5 heteroatoms. The normalized spacial score (nSPS) is 13.4. The Morgan fingerprint density at radius 3 is 2.43 bits per heavy atom. The van der Waals surface area contributed by atoms with Crippen LogP contribution in [0.1, 0.15) is 36.5 Å². The number of aliphatic hydroxyl groups excluding tert-OH is 1. The molecule has 0 heterocycles. The average Bonchev–Trinajstić information content (AvgIpc) is 2.42. The second-order valence-electron chi connectivity index (χ2n) is 5.66. The van der Waals surface area contributed by atoms with E-state index < -0.39 is 6.10 Å². The molecule has 0 bridgehead atoms. The van der Waals surface area contributed by atoms with Gasteiger partial charge >= 0.3 is 5.97 Å². The Labute approximate surface area is 145 Å². The van der Waals surface area contributed by atoms with Crippen molar-refractivity contribution in [3.63, 3.8) is 0 Å². The molecule has 0 aliphatic heterocycles. The molecule has 4 nitrogen and oxygen atoms in total. The Kier molecular flexibility index (Phi) is 10.6. The highest BCUT2D eigenvalue weighted by molar-refractivity contribution is 5.85. The zero-order chi connectivity index (χ0) is 16.5. The summed E-state index contributed by atoms with van der Waals surface area (Å²) in [6.07, 6.45) is 4.26. The number of aryl methyl sites for hydroxylation is 2. The van der Waals surface area contributed by atoms with Crippen LogP contribution in [0, 0.1) is 13.8 Å². The molecule has 0 aliphatic carbocycles. The molecule has 0 fully saturated rings. The average molecular weight is 342 g/mol. The molecule has 23 heavy (non-hydrogen) atoms. The van der Waals surface area contributed by atoms with Gasteiger partial charge in [0, 0.05) is 18.9 Å². The largest absolute Gasteiger partial charge is 0.466 e. The zero-order valence-electron chi connectivity index (χ0n) is 14.1. The smallest absolute Gasteiger partial charge is 0.305 e. The summed E-state index contributed by atoms with van der Waals surface area (Å²) >= 11 is 0. The van der Waals surface area contributed by atoms with E-state index in [0.717, 1.165) is 5.56 Å². The molecule has 3 N–H and O–H groups in total. The predicted octanol–water partition coefficient (Wildman–Crippen LogP) is 2.86. The highest BCUT2D eigenvalue weighted by Gasteiger charge is 2.07. The van der Waals surface area contributed by atoms with Crippen LogP contribution in [0.25, 0.3) is 0 Å². The van der Waals surface area contributed by atoms with Gasteiger partial charge < -0.3 is 15.6 Å². The summed E-state index contributed by atoms with van der Waals surface area (Å²) in [4.78, 5) is 11.2. The molecule has 0 spiro atoms. The Morgan fingerprint density at radius 1 is 1.26 bits per heavy atom. The van der Waals surface area contributed by atoms with Crippen molar-refractivity contribution in [1.82, 2.24) is 0 Å². The minimum Gasteiger partial charge on any atom is -0.466 e. The summed E-state index contributed by atoms with van der Waals surface area (Å²) in [6.45, 7) is 6.26. The third-order valence-electron chi connectivity index (χ3n) is 3.29. The molecule has 0 unspecified atom stereocenters. The van der Waals surface area contributed by atoms with Crippen LogP contribution in [-0.2, 0) is 16.0 Å². The number of hydrogen-bond acceptors (Lipinski definition) is 4. The Balaban J connectivity index is 0.00000484. The first kappa shape index (κ1) is 21.6. The number of esters is 1. The third kappa shape index (κ3) is 9.39. The fraction of sp³-hybridized carbons (Fsp3) is 0.500. The zero-order valence-corrected chi connectivity index (χ0v) is 14.9. The van der Waals surface area contributed by atoms with E-state index in [1.54, 1.807) is 19.1 Å². The van der Waals surface area contributed by atoms with Gasteiger partial charge in [0.25, 0.3) is 0 Å². The van der Waals surface area contributed by atoms with Crippen molar-refractivity contribution < 1.29 is 14.6 Å². The van der Waals surface area contributed by atoms with Gasteiger partial charge in [-0.1, -0.05) is 41.5 Å². The Morgan fingerprint density at radius 2 is 1.87 bits per heavy atom. The fourth-order valence-electron chi connectivity index (χ4n) is 2.38. The van der Waals surface area contributed by atoms with Gasteiger partial charge in [0.15, 0.2) is 0 Å². The van der Waals surface area contributed by atoms with Crippen LogP contribution < -0.4 is 5.73 Å². The summed E-state index contributed by atoms with van der Waals surface area (Å²) < 4.78 is 4.85. The molecular formula is C18H28ClNO3. The van der Waals surface area contributed by atoms with Gasteiger partial charge in [0.05, 0.1) is 12.7 Å². The summed E-state index contributed by atoms with van der Waals surface area (Å²) in [5, 5.41) is 10.1. The first-order chi connectivity index (χ1) is 10.4. The monoisotopic (exact) mass is 341 g/mol. The van der Waals surface area contributed by atoms with Gasteiger partial charge in [-0.25, -0.2) is 0 Å². The number of ether oxygens (including phenoxy) is 1. The molecule has 0 aromatic heterocycles. The number of halogens is 1. The van der Waals surface area contributed by atoms with Crippen LogP contribution >= 0.6 is 12.4 Å². The lowest BCUT2D eigenvalue weighted by atomic mass is 10.0. The quantitative estimate of drug-likeness (QED) is 0.563. The maximum Gasteiger partial charge on any atom is 0.305 e. The first-order valence-corrected chi connectivity index (χ1v) is 7.75. The van der Waals surface area contributed by atoms with E-state index >= 15 is 0 Å². The molecule has 0 saturated carbocycles. The topological polar surface area (TPSA) is 72.5 Å². The van der Waals surface area contributed by atoms with Crippen molar-refractivity contribution in [2.75, 3.05) is 6.61 Å². The van der Waals surface area contributed by atoms with Gasteiger partial charge in [0.2, 0.25) is 0 Å². The van der Waals surface area contributed by atoms with Crippen LogP contribution in [0.4, 0.5) is 0 Å². The van der Waals surface area contributed by atoms with Crippen molar-refractivity contribution in [3.8, 4) is 0 Å². The summed E-state index contributed by atoms with van der Waals surface area (Å²) in [7, 11) is 0. The number of carbonyl (C=O) groups is 1. The number of rotatable bonds is 8. The van der Waals surface area contributed by atoms with Crippen molar-refractivity contribution in [2.24, 2.45) is 5.73 Å². The standard InChI is InChI=1S/C18H27NO3.ClH/c1-4-22-18(21)8-6-16(19)5-7-17(20)12-15-10-13(2)9-14(3)11-15;/h5,7,9-11,16-17,20H,4,6,8,12,19H2,1-3H3;1H/t16-,17+;/m0./s1. The molecule has 1 aromatic carbocycles. The lowest BCUT2D eigenvalue weighted by Crippen LogP contribution is -2.20. The van der Waals surface area contributed by atoms with E-state index in [-0.39, 0.29) is 24.4 Å². The number of hydrogen-bond donors (Lipinski definition) is 2. The maximum absolute atomic E-state index is 11.2. The summed E-state index contributed by atoms with van der Waals surface area (Å²) in [5.41, 5.74) is 9.39. The minimum atomic E-state index is -0.574. The summed E-state index contributed by atoms with van der Waals surface area (Å²) in [6, 6.07) is 6.00. The molecule has 0 saturated heterocycles. The van der Waals surface area contributed by atoms with Crippen LogP contribution in [0.15, 0.2) is 30.4 Å². The summed E-state index contributed by atoms with van der Waals surface area (Å²) in [5.74, 6) is -0.234. The van der Waals surface area contributed by atoms with Crippen molar-refractivity contribution in [3.05, 3.63) is 47.0 Å². The third-order valence-corrected chi connectivity index (χ3v) is 3.29. The predicted molar refractivity (Wildman–Crippen MR) is 95.9 cm³/mol. The highest BCUT2D eigenvalue weighted by Crippen LogP contribution is 2.11. The van der Waals surface area contributed by atoms with E-state index in [9.17, 15) is 9.90 Å². The van der Waals surface area contributed by atoms with Crippen LogP contribution in [-0.4, -0.2) is 29.8 Å². The van der Waals surface area contributed by atoms with E-state index in [1.807, 2.05) is 13.8 Å². The first-order valence-electron chi connectivity index (χ1n) is 7.75. The van der Waals surface area contributed by atoms with Gasteiger partial charge in [-0.2, -0.15) is 0 Å². The van der Waals surface area contributed by atoms with Crippen molar-refractivity contribution >= 4 is 18.4 Å². The highest BCUT2D eigenvalue weighted by atomic mass is 35.5. The van der Waals surface area contributed by atoms with E-state index in [1.165, 1.54) is 11.1 Å². The van der Waals surface area contributed by atoms with Gasteiger partial charge in [-0.15, -0.1) is 12.4 Å². The second kappa shape index (κ2) is 11.2. The van der Waals surface area contributed by atoms with Crippen LogP contribution in [0.3, 0.4) is 0 Å². The molecule has 0 radical (unpaired) electrons. The van der Waals surface area contributed by atoms with E-state index in [0.29, 0.717) is 25.9 Å².